The van der Waals surface area contributed by atoms with Crippen LogP contribution in [-0.2, 0) is 6.54 Å². The summed E-state index contributed by atoms with van der Waals surface area (Å²) in [6.45, 7) is -1.07. The van der Waals surface area contributed by atoms with Gasteiger partial charge in [0.05, 0.1) is 0 Å². The molecule has 4 rings (SSSR count). The van der Waals surface area contributed by atoms with Crippen LogP contribution in [0.1, 0.15) is 25.7 Å². The Hall–Kier alpha value is -1.57. The molecule has 134 valence electrons. The molecule has 2 aromatic rings. The second-order valence-corrected chi connectivity index (χ2v) is 7.98. The van der Waals surface area contributed by atoms with E-state index >= 15 is 0 Å². The van der Waals surface area contributed by atoms with Crippen LogP contribution in [0.25, 0.3) is 11.4 Å². The molecule has 2 aliphatic rings. The zero-order chi connectivity index (χ0) is 17.4. The first-order chi connectivity index (χ1) is 12.0. The van der Waals surface area contributed by atoms with E-state index in [0.717, 1.165) is 17.6 Å². The van der Waals surface area contributed by atoms with Crippen LogP contribution in [0, 0.1) is 17.8 Å². The molecule has 3 atom stereocenters. The highest BCUT2D eigenvalue weighted by molar-refractivity contribution is 7.99. The van der Waals surface area contributed by atoms with Crippen molar-refractivity contribution in [3.63, 3.8) is 0 Å². The van der Waals surface area contributed by atoms with E-state index in [1.165, 1.54) is 42.0 Å². The molecule has 2 saturated carbocycles. The number of nitrogens with zero attached hydrogens (tertiary/aromatic N) is 4. The molecule has 2 aromatic heterocycles. The number of fused-ring (bicyclic) bond motifs is 2. The summed E-state index contributed by atoms with van der Waals surface area (Å²) in [5, 5.41) is 8.44. The Bertz CT molecular complexity index is 731. The molecule has 25 heavy (non-hydrogen) atoms. The molecule has 0 unspecified atom stereocenters. The van der Waals surface area contributed by atoms with E-state index in [0.29, 0.717) is 16.6 Å². The summed E-state index contributed by atoms with van der Waals surface area (Å²) < 4.78 is 40.4. The predicted molar refractivity (Wildman–Crippen MR) is 89.0 cm³/mol. The Labute approximate surface area is 148 Å². The van der Waals surface area contributed by atoms with E-state index in [2.05, 4.69) is 15.2 Å². The largest absolute Gasteiger partial charge is 0.406 e. The summed E-state index contributed by atoms with van der Waals surface area (Å²) in [6, 6.07) is 3.31. The standard InChI is InChI=1S/C17H19F3N4S/c18-17(19,20)10-24-15(12-3-5-21-6-4-12)22-23-16(24)25-9-14-8-11-1-2-13(14)7-11/h3-6,11,13-14H,1-2,7-10H2/t11-,13-,14-/m0/s1. The van der Waals surface area contributed by atoms with Crippen LogP contribution in [0.2, 0.25) is 0 Å². The lowest BCUT2D eigenvalue weighted by molar-refractivity contribution is -0.141. The van der Waals surface area contributed by atoms with Crippen molar-refractivity contribution in [3.05, 3.63) is 24.5 Å². The number of halogens is 3. The average Bonchev–Trinajstić information content (AvgIpc) is 3.28. The van der Waals surface area contributed by atoms with Crippen molar-refractivity contribution in [3.8, 4) is 11.4 Å². The van der Waals surface area contributed by atoms with Gasteiger partial charge < -0.3 is 0 Å². The third-order valence-electron chi connectivity index (χ3n) is 5.30. The van der Waals surface area contributed by atoms with E-state index in [9.17, 15) is 13.2 Å². The number of rotatable bonds is 5. The van der Waals surface area contributed by atoms with E-state index < -0.39 is 12.7 Å². The molecule has 0 radical (unpaired) electrons. The van der Waals surface area contributed by atoms with Crippen LogP contribution < -0.4 is 0 Å². The Kier molecular flexibility index (Phi) is 4.47. The normalized spacial score (nSPS) is 25.6. The second-order valence-electron chi connectivity index (χ2n) is 6.99. The Morgan fingerprint density at radius 3 is 2.56 bits per heavy atom. The average molecular weight is 368 g/mol. The first-order valence-electron chi connectivity index (χ1n) is 8.53. The summed E-state index contributed by atoms with van der Waals surface area (Å²) in [5.41, 5.74) is 0.596. The van der Waals surface area contributed by atoms with E-state index in [1.807, 2.05) is 0 Å². The lowest BCUT2D eigenvalue weighted by atomic mass is 9.90. The molecule has 2 bridgehead atoms. The van der Waals surface area contributed by atoms with Crippen LogP contribution in [-0.4, -0.2) is 31.7 Å². The van der Waals surface area contributed by atoms with Crippen molar-refractivity contribution in [2.24, 2.45) is 17.8 Å². The molecule has 2 aliphatic carbocycles. The molecule has 0 N–H and O–H groups in total. The lowest BCUT2D eigenvalue weighted by Crippen LogP contribution is -2.20. The zero-order valence-corrected chi connectivity index (χ0v) is 14.4. The minimum Gasteiger partial charge on any atom is -0.293 e. The first kappa shape index (κ1) is 16.9. The van der Waals surface area contributed by atoms with Crippen molar-refractivity contribution in [1.29, 1.82) is 0 Å². The van der Waals surface area contributed by atoms with Gasteiger partial charge in [-0.15, -0.1) is 10.2 Å². The molecule has 0 aliphatic heterocycles. The molecular weight excluding hydrogens is 349 g/mol. The van der Waals surface area contributed by atoms with Crippen LogP contribution in [0.4, 0.5) is 13.2 Å². The van der Waals surface area contributed by atoms with E-state index in [4.69, 9.17) is 0 Å². The van der Waals surface area contributed by atoms with Crippen molar-refractivity contribution in [2.75, 3.05) is 5.75 Å². The number of aromatic nitrogens is 4. The summed E-state index contributed by atoms with van der Waals surface area (Å²) in [6.07, 6.45) is 3.88. The summed E-state index contributed by atoms with van der Waals surface area (Å²) >= 11 is 1.41. The molecule has 0 saturated heterocycles. The van der Waals surface area contributed by atoms with Gasteiger partial charge in [-0.1, -0.05) is 18.2 Å². The SMILES string of the molecule is FC(F)(F)Cn1c(SC[C@@H]2C[C@H]3CC[C@H]2C3)nnc1-c1ccncc1. The van der Waals surface area contributed by atoms with E-state index in [-0.39, 0.29) is 5.82 Å². The van der Waals surface area contributed by atoms with Crippen molar-refractivity contribution < 1.29 is 13.2 Å². The quantitative estimate of drug-likeness (QED) is 0.733. The smallest absolute Gasteiger partial charge is 0.293 e. The number of pyridine rings is 1. The number of hydrogen-bond donors (Lipinski definition) is 0. The van der Waals surface area contributed by atoms with Gasteiger partial charge in [-0.3, -0.25) is 9.55 Å². The Morgan fingerprint density at radius 1 is 1.12 bits per heavy atom. The molecular formula is C17H19F3N4S. The van der Waals surface area contributed by atoms with Gasteiger partial charge in [-0.25, -0.2) is 0 Å². The van der Waals surface area contributed by atoms with Crippen molar-refractivity contribution in [2.45, 2.75) is 43.6 Å². The Balaban J connectivity index is 1.55. The maximum Gasteiger partial charge on any atom is 0.406 e. The lowest BCUT2D eigenvalue weighted by Gasteiger charge is -2.21. The minimum absolute atomic E-state index is 0.246. The van der Waals surface area contributed by atoms with Gasteiger partial charge >= 0.3 is 6.18 Å². The maximum atomic E-state index is 13.1. The molecule has 0 spiro atoms. The number of alkyl halides is 3. The van der Waals surface area contributed by atoms with Crippen molar-refractivity contribution in [1.82, 2.24) is 19.7 Å². The van der Waals surface area contributed by atoms with Crippen LogP contribution in [0.5, 0.6) is 0 Å². The van der Waals surface area contributed by atoms with Crippen LogP contribution >= 0.6 is 11.8 Å². The molecule has 4 nitrogen and oxygen atoms in total. The molecule has 2 fully saturated rings. The fraction of sp³-hybridized carbons (Fsp3) is 0.588. The summed E-state index contributed by atoms with van der Waals surface area (Å²) in [5.74, 6) is 3.25. The number of hydrogen-bond acceptors (Lipinski definition) is 4. The zero-order valence-electron chi connectivity index (χ0n) is 13.6. The maximum absolute atomic E-state index is 13.1. The highest BCUT2D eigenvalue weighted by atomic mass is 32.2. The monoisotopic (exact) mass is 368 g/mol. The fourth-order valence-corrected chi connectivity index (χ4v) is 5.37. The first-order valence-corrected chi connectivity index (χ1v) is 9.51. The molecule has 8 heteroatoms. The summed E-state index contributed by atoms with van der Waals surface area (Å²) in [7, 11) is 0. The van der Waals surface area contributed by atoms with Crippen molar-refractivity contribution >= 4 is 11.8 Å². The van der Waals surface area contributed by atoms with Gasteiger partial charge in [-0.2, -0.15) is 13.2 Å². The highest BCUT2D eigenvalue weighted by Crippen LogP contribution is 2.49. The highest BCUT2D eigenvalue weighted by Gasteiger charge is 2.39. The van der Waals surface area contributed by atoms with E-state index in [1.54, 1.807) is 24.5 Å². The fourth-order valence-electron chi connectivity index (χ4n) is 4.19. The minimum atomic E-state index is -4.31. The van der Waals surface area contributed by atoms with Gasteiger partial charge in [-0.05, 0) is 49.1 Å². The number of thioether (sulfide) groups is 1. The molecule has 0 aromatic carbocycles. The van der Waals surface area contributed by atoms with Gasteiger partial charge in [0.15, 0.2) is 11.0 Å². The summed E-state index contributed by atoms with van der Waals surface area (Å²) in [4.78, 5) is 3.91. The topological polar surface area (TPSA) is 43.6 Å². The van der Waals surface area contributed by atoms with Gasteiger partial charge in [0.25, 0.3) is 0 Å². The Morgan fingerprint density at radius 2 is 1.92 bits per heavy atom. The van der Waals surface area contributed by atoms with Crippen LogP contribution in [0.3, 0.4) is 0 Å². The third-order valence-corrected chi connectivity index (χ3v) is 6.46. The van der Waals surface area contributed by atoms with Gasteiger partial charge in [0.2, 0.25) is 0 Å². The molecule has 2 heterocycles. The third kappa shape index (κ3) is 3.68. The van der Waals surface area contributed by atoms with Crippen LogP contribution in [0.15, 0.2) is 29.7 Å². The van der Waals surface area contributed by atoms with Gasteiger partial charge in [0, 0.05) is 23.7 Å². The van der Waals surface area contributed by atoms with Gasteiger partial charge in [0.1, 0.15) is 6.54 Å². The predicted octanol–water partition coefficient (Wildman–Crippen LogP) is 4.43. The molecule has 0 amide bonds. The second kappa shape index (κ2) is 6.63.